The molecule has 0 aliphatic rings. The van der Waals surface area contributed by atoms with Crippen LogP contribution in [0.3, 0.4) is 0 Å². The Bertz CT molecular complexity index is 453. The molecule has 0 atom stereocenters. The lowest BCUT2D eigenvalue weighted by molar-refractivity contribution is 0.112. The van der Waals surface area contributed by atoms with Gasteiger partial charge in [0.25, 0.3) is 0 Å². The summed E-state index contributed by atoms with van der Waals surface area (Å²) < 4.78 is 1.79. The number of carbonyl (C=O) groups is 1. The van der Waals surface area contributed by atoms with E-state index in [9.17, 15) is 4.79 Å². The van der Waals surface area contributed by atoms with E-state index in [1.807, 2.05) is 18.2 Å². The molecule has 0 fully saturated rings. The molecule has 0 amide bonds. The number of rotatable bonds is 5. The minimum atomic E-state index is 0.629. The van der Waals surface area contributed by atoms with E-state index in [4.69, 9.17) is 0 Å². The van der Waals surface area contributed by atoms with Gasteiger partial charge in [0.05, 0.1) is 18.3 Å². The first-order valence-corrected chi connectivity index (χ1v) is 6.02. The number of aromatic nitrogens is 2. The van der Waals surface area contributed by atoms with Crippen LogP contribution in [0.1, 0.15) is 10.4 Å². The fourth-order valence-corrected chi connectivity index (χ4v) is 2.20. The average molecular weight is 232 g/mol. The normalized spacial score (nSPS) is 10.2. The number of thioether (sulfide) groups is 1. The van der Waals surface area contributed by atoms with Gasteiger partial charge in [-0.05, 0) is 12.1 Å². The molecule has 4 heteroatoms. The smallest absolute Gasteiger partial charge is 0.153 e. The molecule has 0 N–H and O–H groups in total. The number of aryl methyl sites for hydroxylation is 1. The van der Waals surface area contributed by atoms with Crippen LogP contribution >= 0.6 is 11.8 Å². The van der Waals surface area contributed by atoms with Crippen LogP contribution in [0.25, 0.3) is 0 Å². The maximum absolute atomic E-state index is 10.5. The van der Waals surface area contributed by atoms with Crippen LogP contribution in [0.5, 0.6) is 0 Å². The summed E-state index contributed by atoms with van der Waals surface area (Å²) in [6, 6.07) is 10.2. The van der Waals surface area contributed by atoms with Crippen molar-refractivity contribution in [2.75, 3.05) is 5.75 Å². The third-order valence-electron chi connectivity index (χ3n) is 2.12. The molecule has 0 saturated carbocycles. The van der Waals surface area contributed by atoms with Crippen molar-refractivity contribution in [1.29, 1.82) is 0 Å². The van der Waals surface area contributed by atoms with Gasteiger partial charge in [-0.3, -0.25) is 9.48 Å². The van der Waals surface area contributed by atoms with Gasteiger partial charge in [-0.15, -0.1) is 11.8 Å². The zero-order valence-electron chi connectivity index (χ0n) is 8.74. The molecule has 3 nitrogen and oxygen atoms in total. The zero-order valence-corrected chi connectivity index (χ0v) is 9.56. The molecule has 2 aromatic rings. The van der Waals surface area contributed by atoms with Gasteiger partial charge in [0.15, 0.2) is 6.29 Å². The summed E-state index contributed by atoms with van der Waals surface area (Å²) in [6.07, 6.45) is 4.16. The third kappa shape index (κ3) is 2.97. The number of carbonyl (C=O) groups excluding carboxylic acids is 1. The molecule has 0 saturated heterocycles. The lowest BCUT2D eigenvalue weighted by Gasteiger charge is -2.01. The Kier molecular flexibility index (Phi) is 3.77. The molecule has 0 spiro atoms. The second-order valence-corrected chi connectivity index (χ2v) is 4.48. The minimum absolute atomic E-state index is 0.629. The van der Waals surface area contributed by atoms with Gasteiger partial charge in [-0.2, -0.15) is 5.10 Å². The lowest BCUT2D eigenvalue weighted by Crippen LogP contribution is -2.00. The maximum atomic E-state index is 10.5. The van der Waals surface area contributed by atoms with Gasteiger partial charge < -0.3 is 0 Å². The summed E-state index contributed by atoms with van der Waals surface area (Å²) in [6.45, 7) is 0.813. The molecular weight excluding hydrogens is 220 g/mol. The van der Waals surface area contributed by atoms with Gasteiger partial charge in [0.1, 0.15) is 0 Å². The highest BCUT2D eigenvalue weighted by Crippen LogP contribution is 2.16. The maximum Gasteiger partial charge on any atom is 0.153 e. The highest BCUT2D eigenvalue weighted by molar-refractivity contribution is 7.99. The second-order valence-electron chi connectivity index (χ2n) is 3.32. The summed E-state index contributed by atoms with van der Waals surface area (Å²) in [7, 11) is 0. The molecule has 0 unspecified atom stereocenters. The molecule has 82 valence electrons. The number of nitrogens with zero attached hydrogens (tertiary/aromatic N) is 2. The summed E-state index contributed by atoms with van der Waals surface area (Å²) >= 11 is 1.78. The Morgan fingerprint density at radius 2 is 2.12 bits per heavy atom. The first-order valence-electron chi connectivity index (χ1n) is 5.04. The summed E-state index contributed by atoms with van der Waals surface area (Å²) in [5.74, 6) is 0.948. The largest absolute Gasteiger partial charge is 0.298 e. The van der Waals surface area contributed by atoms with Crippen molar-refractivity contribution in [1.82, 2.24) is 9.78 Å². The van der Waals surface area contributed by atoms with E-state index in [2.05, 4.69) is 17.2 Å². The molecule has 16 heavy (non-hydrogen) atoms. The quantitative estimate of drug-likeness (QED) is 0.587. The van der Waals surface area contributed by atoms with Crippen molar-refractivity contribution < 1.29 is 4.79 Å². The zero-order chi connectivity index (χ0) is 11.2. The van der Waals surface area contributed by atoms with Gasteiger partial charge in [0.2, 0.25) is 0 Å². The summed E-state index contributed by atoms with van der Waals surface area (Å²) in [5.41, 5.74) is 0.629. The van der Waals surface area contributed by atoms with E-state index in [-0.39, 0.29) is 0 Å². The third-order valence-corrected chi connectivity index (χ3v) is 3.11. The van der Waals surface area contributed by atoms with Crippen LogP contribution in [0.2, 0.25) is 0 Å². The van der Waals surface area contributed by atoms with Crippen LogP contribution in [0, 0.1) is 0 Å². The summed E-state index contributed by atoms with van der Waals surface area (Å²) in [5, 5.41) is 4.09. The second kappa shape index (κ2) is 5.51. The van der Waals surface area contributed by atoms with E-state index in [1.165, 1.54) is 4.90 Å². The number of aldehydes is 1. The molecule has 1 heterocycles. The average Bonchev–Trinajstić information content (AvgIpc) is 2.78. The van der Waals surface area contributed by atoms with Gasteiger partial charge >= 0.3 is 0 Å². The Morgan fingerprint density at radius 3 is 2.81 bits per heavy atom. The van der Waals surface area contributed by atoms with Crippen molar-refractivity contribution in [3.05, 3.63) is 48.3 Å². The molecule has 1 aromatic heterocycles. The first kappa shape index (κ1) is 11.0. The van der Waals surface area contributed by atoms with Crippen molar-refractivity contribution in [3.8, 4) is 0 Å². The topological polar surface area (TPSA) is 34.9 Å². The number of hydrogen-bond acceptors (Lipinski definition) is 3. The molecular formula is C12H12N2OS. The Morgan fingerprint density at radius 1 is 1.31 bits per heavy atom. The molecule has 2 rings (SSSR count). The van der Waals surface area contributed by atoms with Crippen LogP contribution in [0.15, 0.2) is 47.6 Å². The van der Waals surface area contributed by atoms with Gasteiger partial charge in [-0.1, -0.05) is 18.2 Å². The Labute approximate surface area is 98.5 Å². The van der Waals surface area contributed by atoms with Crippen molar-refractivity contribution in [3.63, 3.8) is 0 Å². The highest BCUT2D eigenvalue weighted by atomic mass is 32.2. The van der Waals surface area contributed by atoms with E-state index in [0.717, 1.165) is 18.6 Å². The van der Waals surface area contributed by atoms with E-state index in [1.54, 1.807) is 28.8 Å². The highest BCUT2D eigenvalue weighted by Gasteiger charge is 1.97. The number of hydrogen-bond donors (Lipinski definition) is 0. The standard InChI is InChI=1S/C12H12N2OS/c15-10-11-8-13-14(9-11)6-7-16-12-4-2-1-3-5-12/h1-5,8-10H,6-7H2. The van der Waals surface area contributed by atoms with Crippen LogP contribution in [-0.2, 0) is 6.54 Å². The number of benzene rings is 1. The fraction of sp³-hybridized carbons (Fsp3) is 0.167. The van der Waals surface area contributed by atoms with Gasteiger partial charge in [0, 0.05) is 16.8 Å². The fourth-order valence-electron chi connectivity index (χ4n) is 1.34. The predicted octanol–water partition coefficient (Wildman–Crippen LogP) is 2.49. The lowest BCUT2D eigenvalue weighted by atomic mass is 10.4. The van der Waals surface area contributed by atoms with Crippen LogP contribution in [-0.4, -0.2) is 21.8 Å². The van der Waals surface area contributed by atoms with Crippen LogP contribution < -0.4 is 0 Å². The van der Waals surface area contributed by atoms with E-state index >= 15 is 0 Å². The molecule has 0 aliphatic heterocycles. The predicted molar refractivity (Wildman–Crippen MR) is 64.8 cm³/mol. The van der Waals surface area contributed by atoms with Crippen LogP contribution in [0.4, 0.5) is 0 Å². The molecule has 0 aliphatic carbocycles. The van der Waals surface area contributed by atoms with Crippen molar-refractivity contribution >= 4 is 18.0 Å². The molecule has 0 bridgehead atoms. The first-order chi connectivity index (χ1) is 7.88. The monoisotopic (exact) mass is 232 g/mol. The van der Waals surface area contributed by atoms with E-state index < -0.39 is 0 Å². The van der Waals surface area contributed by atoms with Gasteiger partial charge in [-0.25, -0.2) is 0 Å². The Hall–Kier alpha value is -1.55. The molecule has 0 radical (unpaired) electrons. The summed E-state index contributed by atoms with van der Waals surface area (Å²) in [4.78, 5) is 11.7. The Balaban J connectivity index is 1.82. The molecule has 1 aromatic carbocycles. The van der Waals surface area contributed by atoms with Crippen molar-refractivity contribution in [2.45, 2.75) is 11.4 Å². The minimum Gasteiger partial charge on any atom is -0.298 e. The SMILES string of the molecule is O=Cc1cnn(CCSc2ccccc2)c1. The van der Waals surface area contributed by atoms with Crippen molar-refractivity contribution in [2.24, 2.45) is 0 Å². The van der Waals surface area contributed by atoms with E-state index in [0.29, 0.717) is 5.56 Å².